The Morgan fingerprint density at radius 1 is 1.30 bits per heavy atom. The van der Waals surface area contributed by atoms with Crippen molar-refractivity contribution in [3.05, 3.63) is 41.7 Å². The standard InChI is InChI=1S/C17H23N5O/c1-14-18-19-20-22(14)12-9-16(23)21-11-6-10-17(2,13-21)15-7-4-3-5-8-15/h3-5,7-8H,6,9-13H2,1-2H3/t17-/m1/s1. The zero-order valence-corrected chi connectivity index (χ0v) is 13.8. The lowest BCUT2D eigenvalue weighted by Crippen LogP contribution is -2.47. The van der Waals surface area contributed by atoms with Crippen LogP contribution in [0.3, 0.4) is 0 Å². The first-order valence-corrected chi connectivity index (χ1v) is 8.14. The van der Waals surface area contributed by atoms with Crippen LogP contribution in [0, 0.1) is 6.92 Å². The molecule has 23 heavy (non-hydrogen) atoms. The predicted octanol–water partition coefficient (Wildman–Crippen LogP) is 1.95. The van der Waals surface area contributed by atoms with Gasteiger partial charge in [-0.3, -0.25) is 4.79 Å². The Hall–Kier alpha value is -2.24. The minimum absolute atomic E-state index is 0.0416. The second-order valence-corrected chi connectivity index (χ2v) is 6.54. The highest BCUT2D eigenvalue weighted by atomic mass is 16.2. The van der Waals surface area contributed by atoms with Crippen molar-refractivity contribution in [2.75, 3.05) is 13.1 Å². The molecule has 6 nitrogen and oxygen atoms in total. The molecule has 1 aromatic heterocycles. The van der Waals surface area contributed by atoms with E-state index in [4.69, 9.17) is 0 Å². The number of carbonyl (C=O) groups excluding carboxylic acids is 1. The summed E-state index contributed by atoms with van der Waals surface area (Å²) < 4.78 is 1.68. The number of piperidine rings is 1. The molecule has 1 aromatic carbocycles. The molecule has 0 aliphatic carbocycles. The van der Waals surface area contributed by atoms with Crippen LogP contribution in [0.15, 0.2) is 30.3 Å². The van der Waals surface area contributed by atoms with Gasteiger partial charge in [0.1, 0.15) is 5.82 Å². The molecule has 1 atom stereocenters. The number of hydrogen-bond donors (Lipinski definition) is 0. The summed E-state index contributed by atoms with van der Waals surface area (Å²) in [4.78, 5) is 14.6. The first kappa shape index (κ1) is 15.6. The van der Waals surface area contributed by atoms with Crippen molar-refractivity contribution in [3.8, 4) is 0 Å². The fraction of sp³-hybridized carbons (Fsp3) is 0.529. The summed E-state index contributed by atoms with van der Waals surface area (Å²) in [6.45, 7) is 6.27. The topological polar surface area (TPSA) is 63.9 Å². The van der Waals surface area contributed by atoms with E-state index < -0.39 is 0 Å². The molecule has 0 bridgehead atoms. The summed E-state index contributed by atoms with van der Waals surface area (Å²) >= 11 is 0. The van der Waals surface area contributed by atoms with Crippen molar-refractivity contribution >= 4 is 5.91 Å². The largest absolute Gasteiger partial charge is 0.342 e. The summed E-state index contributed by atoms with van der Waals surface area (Å²) in [6.07, 6.45) is 2.60. The van der Waals surface area contributed by atoms with Gasteiger partial charge in [-0.2, -0.15) is 0 Å². The summed E-state index contributed by atoms with van der Waals surface area (Å²) in [5, 5.41) is 11.4. The number of aryl methyl sites for hydroxylation is 2. The van der Waals surface area contributed by atoms with Crippen LogP contribution in [0.4, 0.5) is 0 Å². The molecule has 0 unspecified atom stereocenters. The summed E-state index contributed by atoms with van der Waals surface area (Å²) in [5.41, 5.74) is 1.36. The van der Waals surface area contributed by atoms with E-state index in [0.717, 1.165) is 31.8 Å². The number of carbonyl (C=O) groups is 1. The van der Waals surface area contributed by atoms with Gasteiger partial charge in [0.25, 0.3) is 0 Å². The molecule has 6 heteroatoms. The molecule has 1 aliphatic heterocycles. The molecule has 2 heterocycles. The molecule has 0 N–H and O–H groups in total. The van der Waals surface area contributed by atoms with E-state index in [2.05, 4.69) is 46.7 Å². The normalized spacial score (nSPS) is 21.4. The lowest BCUT2D eigenvalue weighted by molar-refractivity contribution is -0.133. The smallest absolute Gasteiger partial charge is 0.224 e. The highest BCUT2D eigenvalue weighted by Crippen LogP contribution is 2.33. The van der Waals surface area contributed by atoms with Crippen LogP contribution >= 0.6 is 0 Å². The van der Waals surface area contributed by atoms with Gasteiger partial charge in [-0.05, 0) is 35.8 Å². The van der Waals surface area contributed by atoms with E-state index in [0.29, 0.717) is 13.0 Å². The monoisotopic (exact) mass is 313 g/mol. The van der Waals surface area contributed by atoms with Crippen molar-refractivity contribution < 1.29 is 4.79 Å². The number of rotatable bonds is 4. The molecule has 1 amide bonds. The van der Waals surface area contributed by atoms with Crippen LogP contribution < -0.4 is 0 Å². The molecule has 122 valence electrons. The number of hydrogen-bond acceptors (Lipinski definition) is 4. The van der Waals surface area contributed by atoms with Gasteiger partial charge in [0.05, 0.1) is 6.54 Å². The predicted molar refractivity (Wildman–Crippen MR) is 86.8 cm³/mol. The Labute approximate surface area is 136 Å². The number of tetrazole rings is 1. The lowest BCUT2D eigenvalue weighted by atomic mass is 9.76. The highest BCUT2D eigenvalue weighted by Gasteiger charge is 2.34. The second kappa shape index (κ2) is 6.48. The van der Waals surface area contributed by atoms with Gasteiger partial charge in [-0.1, -0.05) is 37.3 Å². The quantitative estimate of drug-likeness (QED) is 0.865. The molecular weight excluding hydrogens is 290 g/mol. The van der Waals surface area contributed by atoms with Crippen LogP contribution in [0.1, 0.15) is 37.6 Å². The van der Waals surface area contributed by atoms with Gasteiger partial charge < -0.3 is 4.90 Å². The Bertz CT molecular complexity index is 669. The third-order valence-corrected chi connectivity index (χ3v) is 4.77. The molecule has 1 saturated heterocycles. The minimum Gasteiger partial charge on any atom is -0.342 e. The van der Waals surface area contributed by atoms with Crippen molar-refractivity contribution in [3.63, 3.8) is 0 Å². The van der Waals surface area contributed by atoms with Gasteiger partial charge in [0.2, 0.25) is 5.91 Å². The van der Waals surface area contributed by atoms with Crippen molar-refractivity contribution in [2.45, 2.75) is 45.1 Å². The number of nitrogens with zero attached hydrogens (tertiary/aromatic N) is 5. The van der Waals surface area contributed by atoms with E-state index in [9.17, 15) is 4.79 Å². The maximum absolute atomic E-state index is 12.6. The van der Waals surface area contributed by atoms with Crippen molar-refractivity contribution in [1.82, 2.24) is 25.1 Å². The molecule has 3 rings (SSSR count). The Morgan fingerprint density at radius 2 is 2.09 bits per heavy atom. The Morgan fingerprint density at radius 3 is 2.78 bits per heavy atom. The number of likely N-dealkylation sites (tertiary alicyclic amines) is 1. The first-order valence-electron chi connectivity index (χ1n) is 8.14. The van der Waals surface area contributed by atoms with Crippen LogP contribution in [0.25, 0.3) is 0 Å². The SMILES string of the molecule is Cc1nnnn1CCC(=O)N1CCC[C@@](C)(c2ccccc2)C1. The Kier molecular flexibility index (Phi) is 4.41. The minimum atomic E-state index is 0.0416. The molecule has 1 aliphatic rings. The molecular formula is C17H23N5O. The van der Waals surface area contributed by atoms with Gasteiger partial charge in [-0.25, -0.2) is 4.68 Å². The lowest BCUT2D eigenvalue weighted by Gasteiger charge is -2.41. The van der Waals surface area contributed by atoms with E-state index in [1.807, 2.05) is 17.9 Å². The number of amides is 1. The average molecular weight is 313 g/mol. The zero-order chi connectivity index (χ0) is 16.3. The number of benzene rings is 1. The maximum atomic E-state index is 12.6. The summed E-state index contributed by atoms with van der Waals surface area (Å²) in [5.74, 6) is 0.923. The molecule has 2 aromatic rings. The van der Waals surface area contributed by atoms with Crippen LogP contribution in [0.5, 0.6) is 0 Å². The van der Waals surface area contributed by atoms with E-state index in [1.165, 1.54) is 5.56 Å². The maximum Gasteiger partial charge on any atom is 0.224 e. The fourth-order valence-electron chi connectivity index (χ4n) is 3.34. The summed E-state index contributed by atoms with van der Waals surface area (Å²) in [7, 11) is 0. The van der Waals surface area contributed by atoms with Gasteiger partial charge in [0, 0.05) is 24.9 Å². The summed E-state index contributed by atoms with van der Waals surface area (Å²) in [6, 6.07) is 10.5. The fourth-order valence-corrected chi connectivity index (χ4v) is 3.34. The van der Waals surface area contributed by atoms with Crippen LogP contribution in [-0.2, 0) is 16.8 Å². The van der Waals surface area contributed by atoms with Crippen LogP contribution in [-0.4, -0.2) is 44.1 Å². The third-order valence-electron chi connectivity index (χ3n) is 4.77. The van der Waals surface area contributed by atoms with Gasteiger partial charge in [-0.15, -0.1) is 5.10 Å². The number of aromatic nitrogens is 4. The van der Waals surface area contributed by atoms with E-state index in [-0.39, 0.29) is 11.3 Å². The zero-order valence-electron chi connectivity index (χ0n) is 13.8. The third kappa shape index (κ3) is 3.41. The molecule has 0 spiro atoms. The van der Waals surface area contributed by atoms with E-state index >= 15 is 0 Å². The van der Waals surface area contributed by atoms with Crippen molar-refractivity contribution in [2.24, 2.45) is 0 Å². The van der Waals surface area contributed by atoms with Gasteiger partial charge in [0.15, 0.2) is 0 Å². The highest BCUT2D eigenvalue weighted by molar-refractivity contribution is 5.76. The Balaban J connectivity index is 1.64. The first-order chi connectivity index (χ1) is 11.1. The molecule has 1 fully saturated rings. The molecule has 0 radical (unpaired) electrons. The van der Waals surface area contributed by atoms with Crippen LogP contribution in [0.2, 0.25) is 0 Å². The second-order valence-electron chi connectivity index (χ2n) is 6.54. The average Bonchev–Trinajstić information content (AvgIpc) is 2.98. The molecule has 0 saturated carbocycles. The van der Waals surface area contributed by atoms with Gasteiger partial charge >= 0.3 is 0 Å². The van der Waals surface area contributed by atoms with Crippen molar-refractivity contribution in [1.29, 1.82) is 0 Å². The van der Waals surface area contributed by atoms with E-state index in [1.54, 1.807) is 4.68 Å².